The second-order valence-corrected chi connectivity index (χ2v) is 8.22. The van der Waals surface area contributed by atoms with Gasteiger partial charge in [0, 0.05) is 44.5 Å². The zero-order valence-corrected chi connectivity index (χ0v) is 16.7. The number of nitrogens with zero attached hydrogens (tertiary/aromatic N) is 2. The summed E-state index contributed by atoms with van der Waals surface area (Å²) in [6.45, 7) is 5.10. The van der Waals surface area contributed by atoms with E-state index in [2.05, 4.69) is 10.2 Å². The molecule has 2 aromatic rings. The first kappa shape index (κ1) is 19.6. The van der Waals surface area contributed by atoms with Gasteiger partial charge in [0.05, 0.1) is 4.34 Å². The molecule has 1 aliphatic heterocycles. The number of benzene rings is 1. The van der Waals surface area contributed by atoms with Crippen LogP contribution in [0.5, 0.6) is 0 Å². The lowest BCUT2D eigenvalue weighted by molar-refractivity contribution is -0.130. The van der Waals surface area contributed by atoms with Gasteiger partial charge in [-0.25, -0.2) is 0 Å². The van der Waals surface area contributed by atoms with Crippen LogP contribution in [0.3, 0.4) is 0 Å². The van der Waals surface area contributed by atoms with Crippen LogP contribution in [-0.2, 0) is 16.1 Å². The molecule has 1 aromatic carbocycles. The highest BCUT2D eigenvalue weighted by Crippen LogP contribution is 2.23. The van der Waals surface area contributed by atoms with E-state index in [4.69, 9.17) is 11.6 Å². The van der Waals surface area contributed by atoms with E-state index in [0.29, 0.717) is 18.8 Å². The van der Waals surface area contributed by atoms with Gasteiger partial charge in [-0.05, 0) is 23.8 Å². The average Bonchev–Trinajstić information content (AvgIpc) is 3.06. The summed E-state index contributed by atoms with van der Waals surface area (Å²) in [7, 11) is 0. The molecule has 0 spiro atoms. The molecule has 2 heterocycles. The number of rotatable bonds is 5. The molecule has 1 N–H and O–H groups in total. The monoisotopic (exact) mass is 403 g/mol. The predicted octanol–water partition coefficient (Wildman–Crippen LogP) is 3.22. The zero-order chi connectivity index (χ0) is 19.2. The molecule has 0 atom stereocenters. The Kier molecular flexibility index (Phi) is 6.66. The molecule has 1 saturated heterocycles. The Labute approximate surface area is 168 Å². The van der Waals surface area contributed by atoms with Crippen LogP contribution in [0.25, 0.3) is 6.08 Å². The van der Waals surface area contributed by atoms with Crippen LogP contribution < -0.4 is 5.32 Å². The van der Waals surface area contributed by atoms with Gasteiger partial charge in [0.25, 0.3) is 5.91 Å². The topological polar surface area (TPSA) is 52.7 Å². The van der Waals surface area contributed by atoms with Crippen molar-refractivity contribution in [1.29, 1.82) is 0 Å². The largest absolute Gasteiger partial charge is 0.335 e. The fourth-order valence-corrected chi connectivity index (χ4v) is 4.12. The van der Waals surface area contributed by atoms with Gasteiger partial charge in [0.1, 0.15) is 5.70 Å². The smallest absolute Gasteiger partial charge is 0.270 e. The van der Waals surface area contributed by atoms with Crippen molar-refractivity contribution in [3.05, 3.63) is 62.9 Å². The maximum atomic E-state index is 12.9. The van der Waals surface area contributed by atoms with Crippen LogP contribution in [0.1, 0.15) is 17.4 Å². The van der Waals surface area contributed by atoms with Gasteiger partial charge in [-0.2, -0.15) is 0 Å². The average molecular weight is 404 g/mol. The molecular weight excluding hydrogens is 382 g/mol. The van der Waals surface area contributed by atoms with E-state index in [0.717, 1.165) is 29.5 Å². The highest BCUT2D eigenvalue weighted by molar-refractivity contribution is 7.16. The number of carbonyl (C=O) groups is 2. The Morgan fingerprint density at radius 1 is 1.11 bits per heavy atom. The summed E-state index contributed by atoms with van der Waals surface area (Å²) >= 11 is 7.58. The molecule has 142 valence electrons. The fourth-order valence-electron chi connectivity index (χ4n) is 2.99. The van der Waals surface area contributed by atoms with E-state index in [1.165, 1.54) is 11.8 Å². The molecule has 0 saturated carbocycles. The molecule has 1 aromatic heterocycles. The summed E-state index contributed by atoms with van der Waals surface area (Å²) < 4.78 is 0.796. The van der Waals surface area contributed by atoms with Gasteiger partial charge < -0.3 is 10.2 Å². The van der Waals surface area contributed by atoms with Crippen LogP contribution in [0.15, 0.2) is 48.2 Å². The quantitative estimate of drug-likeness (QED) is 0.780. The number of carbonyl (C=O) groups excluding carboxylic acids is 2. The first-order chi connectivity index (χ1) is 13.0. The van der Waals surface area contributed by atoms with Crippen LogP contribution in [0.2, 0.25) is 4.34 Å². The van der Waals surface area contributed by atoms with Gasteiger partial charge in [0.2, 0.25) is 5.91 Å². The highest BCUT2D eigenvalue weighted by atomic mass is 35.5. The molecule has 7 heteroatoms. The van der Waals surface area contributed by atoms with Gasteiger partial charge >= 0.3 is 0 Å². The molecular formula is C20H22ClN3O2S. The second-order valence-electron chi connectivity index (χ2n) is 6.42. The molecule has 1 fully saturated rings. The van der Waals surface area contributed by atoms with Crippen molar-refractivity contribution >= 4 is 40.8 Å². The van der Waals surface area contributed by atoms with Crippen LogP contribution in [0.4, 0.5) is 0 Å². The molecule has 0 aliphatic carbocycles. The Morgan fingerprint density at radius 2 is 1.81 bits per heavy atom. The van der Waals surface area contributed by atoms with Crippen LogP contribution in [0, 0.1) is 0 Å². The number of hydrogen-bond acceptors (Lipinski definition) is 4. The van der Waals surface area contributed by atoms with Crippen molar-refractivity contribution in [2.75, 3.05) is 26.2 Å². The Balaban J connectivity index is 1.63. The third-order valence-electron chi connectivity index (χ3n) is 4.32. The first-order valence-corrected chi connectivity index (χ1v) is 10.0. The number of amides is 2. The van der Waals surface area contributed by atoms with E-state index in [-0.39, 0.29) is 11.8 Å². The molecule has 0 unspecified atom stereocenters. The van der Waals surface area contributed by atoms with Crippen molar-refractivity contribution in [2.45, 2.75) is 13.5 Å². The molecule has 2 amide bonds. The van der Waals surface area contributed by atoms with Crippen molar-refractivity contribution < 1.29 is 9.59 Å². The number of piperazine rings is 1. The Hall–Kier alpha value is -2.15. The van der Waals surface area contributed by atoms with E-state index in [1.807, 2.05) is 42.5 Å². The lowest BCUT2D eigenvalue weighted by atomic mass is 10.1. The summed E-state index contributed by atoms with van der Waals surface area (Å²) in [5.74, 6) is -0.397. The second kappa shape index (κ2) is 9.17. The lowest BCUT2D eigenvalue weighted by Crippen LogP contribution is -2.50. The Bertz CT molecular complexity index is 827. The maximum Gasteiger partial charge on any atom is 0.270 e. The van der Waals surface area contributed by atoms with Crippen molar-refractivity contribution in [2.24, 2.45) is 0 Å². The van der Waals surface area contributed by atoms with E-state index in [1.54, 1.807) is 22.3 Å². The van der Waals surface area contributed by atoms with Crippen molar-refractivity contribution in [3.63, 3.8) is 0 Å². The van der Waals surface area contributed by atoms with E-state index in [9.17, 15) is 9.59 Å². The van der Waals surface area contributed by atoms with Crippen molar-refractivity contribution in [1.82, 2.24) is 15.1 Å². The molecule has 27 heavy (non-hydrogen) atoms. The fraction of sp³-hybridized carbons (Fsp3) is 0.300. The van der Waals surface area contributed by atoms with Crippen LogP contribution in [-0.4, -0.2) is 47.8 Å². The highest BCUT2D eigenvalue weighted by Gasteiger charge is 2.24. The van der Waals surface area contributed by atoms with Gasteiger partial charge in [-0.1, -0.05) is 41.9 Å². The maximum absolute atomic E-state index is 12.9. The lowest BCUT2D eigenvalue weighted by Gasteiger charge is -2.34. The zero-order valence-electron chi connectivity index (χ0n) is 15.2. The summed E-state index contributed by atoms with van der Waals surface area (Å²) in [5.41, 5.74) is 1.19. The summed E-state index contributed by atoms with van der Waals surface area (Å²) in [6, 6.07) is 13.5. The number of halogens is 1. The first-order valence-electron chi connectivity index (χ1n) is 8.81. The molecule has 3 rings (SSSR count). The van der Waals surface area contributed by atoms with Gasteiger partial charge in [-0.15, -0.1) is 11.3 Å². The number of nitrogens with one attached hydrogen (secondary N) is 1. The van der Waals surface area contributed by atoms with Gasteiger partial charge in [0.15, 0.2) is 0 Å². The molecule has 5 nitrogen and oxygen atoms in total. The third kappa shape index (κ3) is 5.66. The van der Waals surface area contributed by atoms with E-state index >= 15 is 0 Å². The third-order valence-corrected chi connectivity index (χ3v) is 5.54. The minimum atomic E-state index is -0.251. The van der Waals surface area contributed by atoms with E-state index < -0.39 is 0 Å². The predicted molar refractivity (Wildman–Crippen MR) is 109 cm³/mol. The summed E-state index contributed by atoms with van der Waals surface area (Å²) in [6.07, 6.45) is 1.73. The number of thiophene rings is 1. The summed E-state index contributed by atoms with van der Waals surface area (Å²) in [5, 5.41) is 2.68. The Morgan fingerprint density at radius 3 is 2.41 bits per heavy atom. The number of hydrogen-bond donors (Lipinski definition) is 1. The van der Waals surface area contributed by atoms with Crippen molar-refractivity contribution in [3.8, 4) is 0 Å². The minimum Gasteiger partial charge on any atom is -0.335 e. The molecule has 1 aliphatic rings. The normalized spacial score (nSPS) is 15.6. The van der Waals surface area contributed by atoms with Crippen LogP contribution >= 0.6 is 22.9 Å². The minimum absolute atomic E-state index is 0.145. The molecule has 0 radical (unpaired) electrons. The summed E-state index contributed by atoms with van der Waals surface area (Å²) in [4.78, 5) is 29.8. The molecule has 0 bridgehead atoms. The van der Waals surface area contributed by atoms with Gasteiger partial charge in [-0.3, -0.25) is 14.5 Å². The SMILES string of the molecule is CC(=O)N/C(=C\c1ccccc1)C(=O)N1CCN(Cc2ccc(Cl)s2)CC1. The standard InChI is InChI=1S/C20H22ClN3O2S/c1-15(25)22-18(13-16-5-3-2-4-6-16)20(26)24-11-9-23(10-12-24)14-17-7-8-19(21)27-17/h2-8,13H,9-12,14H2,1H3,(H,22,25)/b18-13-.